The summed E-state index contributed by atoms with van der Waals surface area (Å²) in [5.41, 5.74) is 1.02. The molecule has 0 unspecified atom stereocenters. The fourth-order valence-electron chi connectivity index (χ4n) is 1.63. The van der Waals surface area contributed by atoms with Crippen molar-refractivity contribution in [2.24, 2.45) is 0 Å². The van der Waals surface area contributed by atoms with Gasteiger partial charge in [0.05, 0.1) is 16.1 Å². The predicted octanol–water partition coefficient (Wildman–Crippen LogP) is 2.49. The second-order valence-corrected chi connectivity index (χ2v) is 7.09. The van der Waals surface area contributed by atoms with Crippen molar-refractivity contribution >= 4 is 44.3 Å². The second kappa shape index (κ2) is 5.98. The summed E-state index contributed by atoms with van der Waals surface area (Å²) in [4.78, 5) is 14.9. The monoisotopic (exact) mass is 418 g/mol. The Morgan fingerprint density at radius 2 is 2.05 bits per heavy atom. The van der Waals surface area contributed by atoms with Crippen LogP contribution in [0, 0.1) is 10.5 Å². The first-order valence-corrected chi connectivity index (χ1v) is 8.34. The summed E-state index contributed by atoms with van der Waals surface area (Å²) in [6.45, 7) is 1.72. The summed E-state index contributed by atoms with van der Waals surface area (Å²) in [7, 11) is -3.85. The van der Waals surface area contributed by atoms with Crippen molar-refractivity contribution in [1.29, 1.82) is 0 Å². The molecular formula is C13H11IN2O4S. The van der Waals surface area contributed by atoms with Crippen molar-refractivity contribution < 1.29 is 18.3 Å². The van der Waals surface area contributed by atoms with Crippen molar-refractivity contribution in [3.63, 3.8) is 0 Å². The van der Waals surface area contributed by atoms with E-state index in [4.69, 9.17) is 5.11 Å². The topological polar surface area (TPSA) is 96.4 Å². The number of carbonyl (C=O) groups is 1. The molecule has 0 amide bonds. The molecule has 0 aliphatic carbocycles. The Kier molecular flexibility index (Phi) is 4.47. The van der Waals surface area contributed by atoms with Crippen LogP contribution in [0.1, 0.15) is 15.9 Å². The molecule has 8 heteroatoms. The lowest BCUT2D eigenvalue weighted by atomic mass is 10.2. The molecule has 21 heavy (non-hydrogen) atoms. The van der Waals surface area contributed by atoms with Crippen LogP contribution in [0.4, 0.5) is 5.69 Å². The van der Waals surface area contributed by atoms with Gasteiger partial charge in [0.25, 0.3) is 10.0 Å². The smallest absolute Gasteiger partial charge is 0.336 e. The molecule has 0 aliphatic heterocycles. The number of sulfonamides is 1. The summed E-state index contributed by atoms with van der Waals surface area (Å²) in [5, 5.41) is 9.06. The highest BCUT2D eigenvalue weighted by atomic mass is 127. The number of nitrogens with zero attached hydrogens (tertiary/aromatic N) is 1. The molecule has 2 N–H and O–H groups in total. The van der Waals surface area contributed by atoms with E-state index >= 15 is 0 Å². The molecule has 1 aromatic carbocycles. The van der Waals surface area contributed by atoms with Gasteiger partial charge >= 0.3 is 5.97 Å². The molecule has 0 saturated carbocycles. The molecule has 1 heterocycles. The third-order valence-corrected chi connectivity index (χ3v) is 5.05. The van der Waals surface area contributed by atoms with Gasteiger partial charge in [-0.2, -0.15) is 0 Å². The number of aromatic carboxylic acids is 1. The van der Waals surface area contributed by atoms with Crippen LogP contribution in [0.15, 0.2) is 41.6 Å². The van der Waals surface area contributed by atoms with Gasteiger partial charge in [-0.1, -0.05) is 0 Å². The van der Waals surface area contributed by atoms with E-state index < -0.39 is 16.0 Å². The van der Waals surface area contributed by atoms with Crippen LogP contribution in [0.2, 0.25) is 0 Å². The lowest BCUT2D eigenvalue weighted by molar-refractivity contribution is 0.0695. The molecule has 0 aliphatic rings. The molecular weight excluding hydrogens is 407 g/mol. The summed E-state index contributed by atoms with van der Waals surface area (Å²) in [6, 6.07) is 5.51. The van der Waals surface area contributed by atoms with Crippen LogP contribution in [0.5, 0.6) is 0 Å². The lowest BCUT2D eigenvalue weighted by Crippen LogP contribution is -2.15. The minimum atomic E-state index is -3.85. The van der Waals surface area contributed by atoms with E-state index in [1.807, 2.05) is 22.6 Å². The van der Waals surface area contributed by atoms with E-state index in [0.29, 0.717) is 14.8 Å². The van der Waals surface area contributed by atoms with Gasteiger partial charge in [-0.05, 0) is 59.3 Å². The summed E-state index contributed by atoms with van der Waals surface area (Å²) in [6.07, 6.45) is 3.01. The molecule has 0 atom stereocenters. The Hall–Kier alpha value is -1.68. The Bertz CT molecular complexity index is 806. The second-order valence-electron chi connectivity index (χ2n) is 4.24. The maximum atomic E-state index is 12.3. The largest absolute Gasteiger partial charge is 0.478 e. The minimum Gasteiger partial charge on any atom is -0.478 e. The summed E-state index contributed by atoms with van der Waals surface area (Å²) in [5.74, 6) is -1.17. The summed E-state index contributed by atoms with van der Waals surface area (Å²) >= 11 is 1.85. The highest BCUT2D eigenvalue weighted by Crippen LogP contribution is 2.21. The number of aromatic nitrogens is 1. The molecule has 0 fully saturated rings. The Morgan fingerprint density at radius 1 is 1.33 bits per heavy atom. The average Bonchev–Trinajstić information content (AvgIpc) is 2.41. The molecule has 0 radical (unpaired) electrons. The van der Waals surface area contributed by atoms with E-state index in [-0.39, 0.29) is 10.5 Å². The normalized spacial score (nSPS) is 11.1. The van der Waals surface area contributed by atoms with Crippen LogP contribution in [0.25, 0.3) is 0 Å². The van der Waals surface area contributed by atoms with Gasteiger partial charge < -0.3 is 5.11 Å². The number of carboxylic acids is 1. The van der Waals surface area contributed by atoms with Gasteiger partial charge in [0.15, 0.2) is 0 Å². The van der Waals surface area contributed by atoms with Gasteiger partial charge in [-0.25, -0.2) is 13.2 Å². The van der Waals surface area contributed by atoms with Crippen LogP contribution >= 0.6 is 22.6 Å². The quantitative estimate of drug-likeness (QED) is 0.744. The molecule has 1 aromatic heterocycles. The van der Waals surface area contributed by atoms with E-state index in [1.54, 1.807) is 6.92 Å². The standard InChI is InChI=1S/C13H11IN2O4S/c1-8-7-15-5-4-12(8)16-21(19,20)9-2-3-11(14)10(6-9)13(17)18/h2-7H,1H3,(H,15,16)(H,17,18). The third kappa shape index (κ3) is 3.50. The predicted molar refractivity (Wildman–Crippen MR) is 85.9 cm³/mol. The van der Waals surface area contributed by atoms with Crippen LogP contribution in [-0.2, 0) is 10.0 Å². The molecule has 0 spiro atoms. The number of aryl methyl sites for hydroxylation is 1. The first-order chi connectivity index (χ1) is 9.81. The van der Waals surface area contributed by atoms with E-state index in [0.717, 1.165) is 6.07 Å². The first kappa shape index (κ1) is 15.7. The van der Waals surface area contributed by atoms with E-state index in [1.165, 1.54) is 30.6 Å². The molecule has 2 aromatic rings. The highest BCUT2D eigenvalue weighted by Gasteiger charge is 2.19. The van der Waals surface area contributed by atoms with Crippen molar-refractivity contribution in [3.05, 3.63) is 51.4 Å². The third-order valence-electron chi connectivity index (χ3n) is 2.74. The minimum absolute atomic E-state index is 0.0510. The molecule has 110 valence electrons. The summed E-state index contributed by atoms with van der Waals surface area (Å²) < 4.78 is 27.5. The average molecular weight is 418 g/mol. The fourth-order valence-corrected chi connectivity index (χ4v) is 3.35. The zero-order valence-corrected chi connectivity index (χ0v) is 13.8. The van der Waals surface area contributed by atoms with Crippen molar-refractivity contribution in [2.45, 2.75) is 11.8 Å². The van der Waals surface area contributed by atoms with E-state index in [9.17, 15) is 13.2 Å². The first-order valence-electron chi connectivity index (χ1n) is 5.77. The molecule has 2 rings (SSSR count). The maximum Gasteiger partial charge on any atom is 0.336 e. The lowest BCUT2D eigenvalue weighted by Gasteiger charge is -2.11. The number of hydrogen-bond donors (Lipinski definition) is 2. The zero-order valence-electron chi connectivity index (χ0n) is 10.9. The highest BCUT2D eigenvalue weighted by molar-refractivity contribution is 14.1. The molecule has 0 saturated heterocycles. The van der Waals surface area contributed by atoms with Gasteiger partial charge in [-0.3, -0.25) is 9.71 Å². The maximum absolute atomic E-state index is 12.3. The van der Waals surface area contributed by atoms with Crippen molar-refractivity contribution in [2.75, 3.05) is 4.72 Å². The molecule has 0 bridgehead atoms. The Balaban J connectivity index is 2.43. The number of rotatable bonds is 4. The number of nitrogens with one attached hydrogen (secondary N) is 1. The van der Waals surface area contributed by atoms with Crippen LogP contribution in [-0.4, -0.2) is 24.5 Å². The number of hydrogen-bond acceptors (Lipinski definition) is 4. The fraction of sp³-hybridized carbons (Fsp3) is 0.0769. The van der Waals surface area contributed by atoms with Gasteiger partial charge in [0, 0.05) is 16.0 Å². The van der Waals surface area contributed by atoms with E-state index in [2.05, 4.69) is 9.71 Å². The van der Waals surface area contributed by atoms with Crippen LogP contribution < -0.4 is 4.72 Å². The van der Waals surface area contributed by atoms with Crippen molar-refractivity contribution in [1.82, 2.24) is 4.98 Å². The van der Waals surface area contributed by atoms with Gasteiger partial charge in [0.1, 0.15) is 0 Å². The Labute approximate surface area is 135 Å². The SMILES string of the molecule is Cc1cnccc1NS(=O)(=O)c1ccc(I)c(C(=O)O)c1. The van der Waals surface area contributed by atoms with Crippen LogP contribution in [0.3, 0.4) is 0 Å². The Morgan fingerprint density at radius 3 is 2.67 bits per heavy atom. The number of halogens is 1. The van der Waals surface area contributed by atoms with Gasteiger partial charge in [0.2, 0.25) is 0 Å². The van der Waals surface area contributed by atoms with Crippen molar-refractivity contribution in [3.8, 4) is 0 Å². The van der Waals surface area contributed by atoms with Gasteiger partial charge in [-0.15, -0.1) is 0 Å². The number of benzene rings is 1. The molecule has 6 nitrogen and oxygen atoms in total. The number of carboxylic acid groups (broad SMARTS) is 1. The number of pyridine rings is 1. The zero-order chi connectivity index (χ0) is 15.6. The number of anilines is 1.